The van der Waals surface area contributed by atoms with E-state index in [4.69, 9.17) is 10.5 Å². The van der Waals surface area contributed by atoms with Gasteiger partial charge in [-0.05, 0) is 57.5 Å². The van der Waals surface area contributed by atoms with Crippen molar-refractivity contribution in [3.05, 3.63) is 30.1 Å². The lowest BCUT2D eigenvalue weighted by molar-refractivity contribution is 0.151. The largest absolute Gasteiger partial charge is 0.492 e. The van der Waals surface area contributed by atoms with E-state index in [1.807, 2.05) is 13.8 Å². The molecule has 1 unspecified atom stereocenters. The highest BCUT2D eigenvalue weighted by atomic mass is 35.5. The van der Waals surface area contributed by atoms with Crippen LogP contribution in [0, 0.1) is 5.82 Å². The van der Waals surface area contributed by atoms with E-state index >= 15 is 0 Å². The average molecular weight is 303 g/mol. The fourth-order valence-corrected chi connectivity index (χ4v) is 2.54. The number of nitrogens with zero attached hydrogens (tertiary/aromatic N) is 1. The van der Waals surface area contributed by atoms with Gasteiger partial charge in [-0.2, -0.15) is 0 Å². The van der Waals surface area contributed by atoms with E-state index in [0.29, 0.717) is 12.6 Å². The van der Waals surface area contributed by atoms with Crippen LogP contribution in [-0.4, -0.2) is 36.2 Å². The molecule has 2 rings (SSSR count). The first kappa shape index (κ1) is 17.2. The SMILES string of the molecule is CC(C)(N)CN1CCCC1COc1ccc(F)cc1.Cl. The Morgan fingerprint density at radius 1 is 1.35 bits per heavy atom. The van der Waals surface area contributed by atoms with Gasteiger partial charge in [-0.15, -0.1) is 12.4 Å². The molecular weight excluding hydrogens is 279 g/mol. The summed E-state index contributed by atoms with van der Waals surface area (Å²) >= 11 is 0. The Kier molecular flexibility index (Phi) is 6.24. The Labute approximate surface area is 126 Å². The molecule has 1 fully saturated rings. The standard InChI is InChI=1S/C15H23FN2O.ClH/c1-15(2,17)11-18-9-3-4-13(18)10-19-14-7-5-12(16)6-8-14;/h5-8,13H,3-4,9-11,17H2,1-2H3;1H. The molecule has 1 heterocycles. The lowest BCUT2D eigenvalue weighted by Crippen LogP contribution is -2.48. The van der Waals surface area contributed by atoms with Gasteiger partial charge in [0.25, 0.3) is 0 Å². The van der Waals surface area contributed by atoms with Crippen molar-refractivity contribution in [2.24, 2.45) is 5.73 Å². The summed E-state index contributed by atoms with van der Waals surface area (Å²) in [6.07, 6.45) is 2.32. The van der Waals surface area contributed by atoms with Gasteiger partial charge in [0.15, 0.2) is 0 Å². The molecule has 1 aliphatic rings. The second kappa shape index (κ2) is 7.25. The van der Waals surface area contributed by atoms with Crippen molar-refractivity contribution in [1.82, 2.24) is 4.90 Å². The normalized spacial score (nSPS) is 19.7. The number of rotatable bonds is 5. The van der Waals surface area contributed by atoms with Gasteiger partial charge in [-0.1, -0.05) is 0 Å². The molecule has 3 nitrogen and oxygen atoms in total. The molecule has 1 saturated heterocycles. The van der Waals surface area contributed by atoms with Crippen LogP contribution in [0.3, 0.4) is 0 Å². The molecule has 1 atom stereocenters. The molecule has 1 aromatic carbocycles. The molecular formula is C15H24ClFN2O. The van der Waals surface area contributed by atoms with E-state index in [0.717, 1.165) is 25.3 Å². The third kappa shape index (κ3) is 5.27. The molecule has 0 saturated carbocycles. The number of halogens is 2. The summed E-state index contributed by atoms with van der Waals surface area (Å²) in [6.45, 7) is 6.69. The Morgan fingerprint density at radius 3 is 2.60 bits per heavy atom. The molecule has 1 aromatic rings. The van der Waals surface area contributed by atoms with Gasteiger partial charge in [0.1, 0.15) is 18.2 Å². The Balaban J connectivity index is 0.00000200. The first-order valence-corrected chi connectivity index (χ1v) is 6.85. The summed E-state index contributed by atoms with van der Waals surface area (Å²) in [4.78, 5) is 2.39. The summed E-state index contributed by atoms with van der Waals surface area (Å²) in [5.41, 5.74) is 5.90. The van der Waals surface area contributed by atoms with Gasteiger partial charge < -0.3 is 10.5 Å². The predicted molar refractivity (Wildman–Crippen MR) is 82.0 cm³/mol. The smallest absolute Gasteiger partial charge is 0.123 e. The van der Waals surface area contributed by atoms with Crippen molar-refractivity contribution in [3.8, 4) is 5.75 Å². The maximum absolute atomic E-state index is 12.8. The first-order chi connectivity index (χ1) is 8.94. The van der Waals surface area contributed by atoms with Crippen LogP contribution in [0.1, 0.15) is 26.7 Å². The topological polar surface area (TPSA) is 38.5 Å². The highest BCUT2D eigenvalue weighted by Gasteiger charge is 2.28. The van der Waals surface area contributed by atoms with Crippen LogP contribution in [0.5, 0.6) is 5.75 Å². The van der Waals surface area contributed by atoms with E-state index in [1.165, 1.54) is 18.6 Å². The minimum absolute atomic E-state index is 0. The van der Waals surface area contributed by atoms with Gasteiger partial charge in [0.2, 0.25) is 0 Å². The van der Waals surface area contributed by atoms with Gasteiger partial charge in [-0.3, -0.25) is 4.90 Å². The molecule has 2 N–H and O–H groups in total. The molecule has 5 heteroatoms. The molecule has 20 heavy (non-hydrogen) atoms. The Morgan fingerprint density at radius 2 is 2.00 bits per heavy atom. The zero-order valence-corrected chi connectivity index (χ0v) is 13.0. The van der Waals surface area contributed by atoms with Crippen molar-refractivity contribution in [2.45, 2.75) is 38.3 Å². The van der Waals surface area contributed by atoms with Gasteiger partial charge >= 0.3 is 0 Å². The van der Waals surface area contributed by atoms with Gasteiger partial charge in [0.05, 0.1) is 0 Å². The highest BCUT2D eigenvalue weighted by molar-refractivity contribution is 5.85. The van der Waals surface area contributed by atoms with E-state index in [9.17, 15) is 4.39 Å². The van der Waals surface area contributed by atoms with Crippen molar-refractivity contribution in [1.29, 1.82) is 0 Å². The van der Waals surface area contributed by atoms with Gasteiger partial charge in [-0.25, -0.2) is 4.39 Å². The molecule has 114 valence electrons. The zero-order valence-electron chi connectivity index (χ0n) is 12.1. The number of hydrogen-bond donors (Lipinski definition) is 1. The Bertz CT molecular complexity index is 405. The van der Waals surface area contributed by atoms with Crippen LogP contribution in [-0.2, 0) is 0 Å². The third-order valence-corrected chi connectivity index (χ3v) is 3.37. The molecule has 0 spiro atoms. The molecule has 0 amide bonds. The quantitative estimate of drug-likeness (QED) is 0.909. The zero-order chi connectivity index (χ0) is 13.9. The van der Waals surface area contributed by atoms with Crippen LogP contribution in [0.4, 0.5) is 4.39 Å². The van der Waals surface area contributed by atoms with E-state index in [2.05, 4.69) is 4.90 Å². The lowest BCUT2D eigenvalue weighted by atomic mass is 10.1. The summed E-state index contributed by atoms with van der Waals surface area (Å²) < 4.78 is 18.5. The fraction of sp³-hybridized carbons (Fsp3) is 0.600. The van der Waals surface area contributed by atoms with E-state index < -0.39 is 0 Å². The number of ether oxygens (including phenoxy) is 1. The number of benzene rings is 1. The number of likely N-dealkylation sites (tertiary alicyclic amines) is 1. The first-order valence-electron chi connectivity index (χ1n) is 6.85. The third-order valence-electron chi connectivity index (χ3n) is 3.37. The summed E-state index contributed by atoms with van der Waals surface area (Å²) in [5, 5.41) is 0. The average Bonchev–Trinajstić information content (AvgIpc) is 2.73. The second-order valence-corrected chi connectivity index (χ2v) is 6.02. The van der Waals surface area contributed by atoms with Crippen molar-refractivity contribution in [3.63, 3.8) is 0 Å². The van der Waals surface area contributed by atoms with E-state index in [1.54, 1.807) is 12.1 Å². The lowest BCUT2D eigenvalue weighted by Gasteiger charge is -2.31. The maximum Gasteiger partial charge on any atom is 0.123 e. The summed E-state index contributed by atoms with van der Waals surface area (Å²) in [5.74, 6) is 0.486. The molecule has 0 radical (unpaired) electrons. The highest BCUT2D eigenvalue weighted by Crippen LogP contribution is 2.21. The van der Waals surface area contributed by atoms with Crippen LogP contribution in [0.2, 0.25) is 0 Å². The molecule has 0 aromatic heterocycles. The summed E-state index contributed by atoms with van der Waals surface area (Å²) in [7, 11) is 0. The van der Waals surface area contributed by atoms with Crippen LogP contribution in [0.15, 0.2) is 24.3 Å². The van der Waals surface area contributed by atoms with Gasteiger partial charge in [0, 0.05) is 18.1 Å². The van der Waals surface area contributed by atoms with E-state index in [-0.39, 0.29) is 23.8 Å². The van der Waals surface area contributed by atoms with Crippen LogP contribution in [0.25, 0.3) is 0 Å². The number of nitrogens with two attached hydrogens (primary N) is 1. The predicted octanol–water partition coefficient (Wildman–Crippen LogP) is 2.83. The van der Waals surface area contributed by atoms with Crippen molar-refractivity contribution in [2.75, 3.05) is 19.7 Å². The van der Waals surface area contributed by atoms with Crippen LogP contribution >= 0.6 is 12.4 Å². The Hall–Kier alpha value is -0.840. The van der Waals surface area contributed by atoms with Crippen molar-refractivity contribution >= 4 is 12.4 Å². The minimum Gasteiger partial charge on any atom is -0.492 e. The molecule has 0 aliphatic carbocycles. The second-order valence-electron chi connectivity index (χ2n) is 6.02. The molecule has 1 aliphatic heterocycles. The van der Waals surface area contributed by atoms with Crippen LogP contribution < -0.4 is 10.5 Å². The van der Waals surface area contributed by atoms with Crippen molar-refractivity contribution < 1.29 is 9.13 Å². The minimum atomic E-state index is -0.236. The monoisotopic (exact) mass is 302 g/mol. The fourth-order valence-electron chi connectivity index (χ4n) is 2.54. The summed E-state index contributed by atoms with van der Waals surface area (Å²) in [6, 6.07) is 6.59. The number of hydrogen-bond acceptors (Lipinski definition) is 3. The molecule has 0 bridgehead atoms. The maximum atomic E-state index is 12.8.